The number of aromatic nitrogens is 1. The lowest BCUT2D eigenvalue weighted by molar-refractivity contribution is -0.152. The van der Waals surface area contributed by atoms with Gasteiger partial charge >= 0.3 is 11.9 Å². The SMILES string of the molecule is COc1ccnc(C(=O)C[C@@H](C)C(=O)O[C@@H](C)[C@H](Sc2ccc(F)cc2)c2ccccc2)c1OC(C)=O. The fraction of sp³-hybridized carbons (Fsp3) is 0.286. The highest BCUT2D eigenvalue weighted by Gasteiger charge is 2.29. The van der Waals surface area contributed by atoms with Gasteiger partial charge in [0.2, 0.25) is 5.75 Å². The molecule has 3 atom stereocenters. The lowest BCUT2D eigenvalue weighted by Gasteiger charge is -2.25. The van der Waals surface area contributed by atoms with Crippen molar-refractivity contribution < 1.29 is 33.0 Å². The van der Waals surface area contributed by atoms with E-state index < -0.39 is 29.7 Å². The second kappa shape index (κ2) is 13.0. The summed E-state index contributed by atoms with van der Waals surface area (Å²) in [4.78, 5) is 42.4. The normalized spacial score (nSPS) is 13.2. The molecule has 0 saturated heterocycles. The molecule has 0 saturated carbocycles. The maximum Gasteiger partial charge on any atom is 0.309 e. The summed E-state index contributed by atoms with van der Waals surface area (Å²) in [5, 5.41) is -0.269. The first-order valence-corrected chi connectivity index (χ1v) is 12.5. The molecule has 194 valence electrons. The lowest BCUT2D eigenvalue weighted by Crippen LogP contribution is -2.26. The number of ether oxygens (including phenoxy) is 3. The second-order valence-corrected chi connectivity index (χ2v) is 9.57. The Balaban J connectivity index is 1.73. The topological polar surface area (TPSA) is 91.8 Å². The van der Waals surface area contributed by atoms with E-state index in [1.54, 1.807) is 26.0 Å². The van der Waals surface area contributed by atoms with E-state index >= 15 is 0 Å². The number of thioether (sulfide) groups is 1. The van der Waals surface area contributed by atoms with Crippen molar-refractivity contribution in [3.8, 4) is 11.5 Å². The molecule has 0 bridgehead atoms. The maximum atomic E-state index is 13.4. The number of esters is 2. The Morgan fingerprint density at radius 2 is 1.68 bits per heavy atom. The molecule has 0 aliphatic heterocycles. The number of methoxy groups -OCH3 is 1. The van der Waals surface area contributed by atoms with E-state index in [0.29, 0.717) is 0 Å². The highest BCUT2D eigenvalue weighted by atomic mass is 32.2. The summed E-state index contributed by atoms with van der Waals surface area (Å²) < 4.78 is 29.5. The number of ketones is 1. The number of hydrogen-bond acceptors (Lipinski definition) is 8. The Bertz CT molecular complexity index is 1240. The van der Waals surface area contributed by atoms with E-state index in [4.69, 9.17) is 14.2 Å². The first-order chi connectivity index (χ1) is 17.7. The molecule has 9 heteroatoms. The molecule has 1 aromatic heterocycles. The number of hydrogen-bond donors (Lipinski definition) is 0. The minimum absolute atomic E-state index is 0.0868. The van der Waals surface area contributed by atoms with E-state index in [9.17, 15) is 18.8 Å². The molecular formula is C28H28FNO6S. The third-order valence-corrected chi connectivity index (χ3v) is 6.88. The molecule has 3 rings (SSSR count). The molecule has 0 fully saturated rings. The standard InChI is InChI=1S/C28H28FNO6S/c1-17(16-23(32)25-26(36-19(3)31)24(34-4)14-15-30-25)28(33)35-18(2)27(20-8-6-5-7-9-20)37-22-12-10-21(29)11-13-22/h5-15,17-18,27H,16H2,1-4H3/t17-,18+,27+/m1/s1. The van der Waals surface area contributed by atoms with Crippen LogP contribution in [-0.4, -0.2) is 35.9 Å². The van der Waals surface area contributed by atoms with Crippen LogP contribution in [0.3, 0.4) is 0 Å². The van der Waals surface area contributed by atoms with E-state index in [1.165, 1.54) is 50.2 Å². The summed E-state index contributed by atoms with van der Waals surface area (Å²) in [5.74, 6) is -2.71. The molecule has 3 aromatic rings. The van der Waals surface area contributed by atoms with E-state index in [2.05, 4.69) is 4.98 Å². The van der Waals surface area contributed by atoms with Gasteiger partial charge in [0, 0.05) is 30.5 Å². The van der Waals surface area contributed by atoms with Gasteiger partial charge in [0.25, 0.3) is 0 Å². The van der Waals surface area contributed by atoms with Crippen LogP contribution in [0.25, 0.3) is 0 Å². The molecule has 0 aliphatic carbocycles. The highest BCUT2D eigenvalue weighted by Crippen LogP contribution is 2.39. The van der Waals surface area contributed by atoms with Gasteiger partial charge in [-0.15, -0.1) is 11.8 Å². The zero-order chi connectivity index (χ0) is 26.9. The summed E-state index contributed by atoms with van der Waals surface area (Å²) in [5.41, 5.74) is 0.837. The van der Waals surface area contributed by atoms with Crippen molar-refractivity contribution in [1.82, 2.24) is 4.98 Å². The van der Waals surface area contributed by atoms with Gasteiger partial charge in [-0.05, 0) is 36.8 Å². The smallest absolute Gasteiger partial charge is 0.309 e. The van der Waals surface area contributed by atoms with E-state index in [1.807, 2.05) is 30.3 Å². The minimum atomic E-state index is -0.791. The van der Waals surface area contributed by atoms with Crippen molar-refractivity contribution in [3.63, 3.8) is 0 Å². The van der Waals surface area contributed by atoms with Gasteiger partial charge in [-0.3, -0.25) is 14.4 Å². The number of rotatable bonds is 11. The molecule has 0 unspecified atom stereocenters. The summed E-state index contributed by atoms with van der Waals surface area (Å²) >= 11 is 1.45. The van der Waals surface area contributed by atoms with Gasteiger partial charge in [0.1, 0.15) is 11.9 Å². The summed E-state index contributed by atoms with van der Waals surface area (Å²) in [6.45, 7) is 4.57. The number of nitrogens with zero attached hydrogens (tertiary/aromatic N) is 1. The Labute approximate surface area is 219 Å². The highest BCUT2D eigenvalue weighted by molar-refractivity contribution is 7.99. The van der Waals surface area contributed by atoms with Crippen molar-refractivity contribution in [2.75, 3.05) is 7.11 Å². The minimum Gasteiger partial charge on any atom is -0.493 e. The third-order valence-electron chi connectivity index (χ3n) is 5.43. The third kappa shape index (κ3) is 7.63. The number of halogens is 1. The van der Waals surface area contributed by atoms with Gasteiger partial charge in [-0.1, -0.05) is 37.3 Å². The molecule has 0 radical (unpaired) electrons. The second-order valence-electron chi connectivity index (χ2n) is 8.36. The Kier molecular flexibility index (Phi) is 9.79. The molecule has 7 nitrogen and oxygen atoms in total. The van der Waals surface area contributed by atoms with Crippen LogP contribution in [0, 0.1) is 11.7 Å². The predicted octanol–water partition coefficient (Wildman–Crippen LogP) is 5.83. The molecule has 0 N–H and O–H groups in total. The van der Waals surface area contributed by atoms with Gasteiger partial charge in [-0.2, -0.15) is 0 Å². The van der Waals surface area contributed by atoms with Crippen LogP contribution in [0.15, 0.2) is 71.8 Å². The quantitative estimate of drug-likeness (QED) is 0.175. The molecule has 37 heavy (non-hydrogen) atoms. The fourth-order valence-electron chi connectivity index (χ4n) is 3.59. The number of carbonyl (C=O) groups is 3. The van der Waals surface area contributed by atoms with Crippen molar-refractivity contribution in [1.29, 1.82) is 0 Å². The molecule has 1 heterocycles. The van der Waals surface area contributed by atoms with E-state index in [0.717, 1.165) is 10.5 Å². The molecule has 0 aliphatic rings. The predicted molar refractivity (Wildman–Crippen MR) is 137 cm³/mol. The first kappa shape index (κ1) is 27.9. The number of benzene rings is 2. The first-order valence-electron chi connectivity index (χ1n) is 11.6. The molecular weight excluding hydrogens is 497 g/mol. The average Bonchev–Trinajstić information content (AvgIpc) is 2.88. The van der Waals surface area contributed by atoms with Gasteiger partial charge in [0.05, 0.1) is 18.3 Å². The maximum absolute atomic E-state index is 13.4. The Morgan fingerprint density at radius 1 is 1.00 bits per heavy atom. The van der Waals surface area contributed by atoms with Crippen LogP contribution in [0.5, 0.6) is 11.5 Å². The van der Waals surface area contributed by atoms with Crippen LogP contribution in [0.4, 0.5) is 4.39 Å². The van der Waals surface area contributed by atoms with Crippen LogP contribution in [-0.2, 0) is 14.3 Å². The molecule has 0 amide bonds. The number of pyridine rings is 1. The van der Waals surface area contributed by atoms with Gasteiger partial charge in [-0.25, -0.2) is 9.37 Å². The Hall–Kier alpha value is -3.72. The average molecular weight is 526 g/mol. The largest absolute Gasteiger partial charge is 0.493 e. The zero-order valence-corrected chi connectivity index (χ0v) is 21.8. The number of Topliss-reactive ketones (excluding diaryl/α,β-unsaturated/α-hetero) is 1. The van der Waals surface area contributed by atoms with Crippen molar-refractivity contribution in [3.05, 3.63) is 83.9 Å². The summed E-state index contributed by atoms with van der Waals surface area (Å²) in [7, 11) is 1.38. The van der Waals surface area contributed by atoms with Crippen molar-refractivity contribution in [2.45, 2.75) is 43.4 Å². The fourth-order valence-corrected chi connectivity index (χ4v) is 4.72. The molecule has 2 aromatic carbocycles. The van der Waals surface area contributed by atoms with Crippen LogP contribution < -0.4 is 9.47 Å². The van der Waals surface area contributed by atoms with E-state index in [-0.39, 0.29) is 34.7 Å². The van der Waals surface area contributed by atoms with Crippen LogP contribution in [0.2, 0.25) is 0 Å². The van der Waals surface area contributed by atoms with Gasteiger partial charge in [0.15, 0.2) is 17.2 Å². The monoisotopic (exact) mass is 525 g/mol. The Morgan fingerprint density at radius 3 is 2.30 bits per heavy atom. The zero-order valence-electron chi connectivity index (χ0n) is 21.0. The van der Waals surface area contributed by atoms with Crippen molar-refractivity contribution >= 4 is 29.5 Å². The number of carbonyl (C=O) groups excluding carboxylic acids is 3. The summed E-state index contributed by atoms with van der Waals surface area (Å²) in [6.07, 6.45) is 0.594. The van der Waals surface area contributed by atoms with Crippen molar-refractivity contribution in [2.24, 2.45) is 5.92 Å². The summed E-state index contributed by atoms with van der Waals surface area (Å²) in [6, 6.07) is 17.1. The van der Waals surface area contributed by atoms with Crippen LogP contribution in [0.1, 0.15) is 48.5 Å². The van der Waals surface area contributed by atoms with Gasteiger partial charge < -0.3 is 14.2 Å². The van der Waals surface area contributed by atoms with Crippen LogP contribution >= 0.6 is 11.8 Å². The lowest BCUT2D eigenvalue weighted by atomic mass is 10.0. The molecule has 0 spiro atoms.